The lowest BCUT2D eigenvalue weighted by atomic mass is 10.0. The van der Waals surface area contributed by atoms with E-state index in [-0.39, 0.29) is 6.10 Å². The van der Waals surface area contributed by atoms with Crippen LogP contribution in [0.15, 0.2) is 18.2 Å². The predicted octanol–water partition coefficient (Wildman–Crippen LogP) is 3.89. The van der Waals surface area contributed by atoms with E-state index in [0.717, 1.165) is 25.3 Å². The fourth-order valence-corrected chi connectivity index (χ4v) is 1.86. The van der Waals surface area contributed by atoms with Crippen LogP contribution in [0.1, 0.15) is 51.2 Å². The van der Waals surface area contributed by atoms with E-state index < -0.39 is 0 Å². The van der Waals surface area contributed by atoms with Crippen molar-refractivity contribution in [3.8, 4) is 5.75 Å². The van der Waals surface area contributed by atoms with Crippen LogP contribution in [-0.4, -0.2) is 19.2 Å². The second-order valence-corrected chi connectivity index (χ2v) is 5.25. The molecule has 0 heterocycles. The molecule has 1 aromatic carbocycles. The largest absolute Gasteiger partial charge is 0.490 e. The molecule has 1 unspecified atom stereocenters. The third kappa shape index (κ3) is 4.69. The lowest BCUT2D eigenvalue weighted by Crippen LogP contribution is -2.22. The molecular weight excluding hydrogens is 222 g/mol. The minimum Gasteiger partial charge on any atom is -0.490 e. The summed E-state index contributed by atoms with van der Waals surface area (Å²) in [5.41, 5.74) is 2.56. The molecule has 1 rings (SSSR count). The Kier molecular flexibility index (Phi) is 6.20. The molecule has 1 atom stereocenters. The summed E-state index contributed by atoms with van der Waals surface area (Å²) in [5, 5.41) is 3.33. The molecule has 0 amide bonds. The zero-order valence-corrected chi connectivity index (χ0v) is 12.4. The van der Waals surface area contributed by atoms with Gasteiger partial charge in [0.1, 0.15) is 5.75 Å². The summed E-state index contributed by atoms with van der Waals surface area (Å²) in [6.07, 6.45) is 1.30. The van der Waals surface area contributed by atoms with Crippen molar-refractivity contribution in [3.63, 3.8) is 0 Å². The van der Waals surface area contributed by atoms with Gasteiger partial charge in [-0.1, -0.05) is 32.9 Å². The first-order valence-electron chi connectivity index (χ1n) is 7.02. The molecule has 0 bridgehead atoms. The van der Waals surface area contributed by atoms with E-state index in [1.54, 1.807) is 0 Å². The van der Waals surface area contributed by atoms with Crippen molar-refractivity contribution >= 4 is 0 Å². The van der Waals surface area contributed by atoms with E-state index in [2.05, 4.69) is 58.1 Å². The van der Waals surface area contributed by atoms with Crippen LogP contribution in [0.3, 0.4) is 0 Å². The molecule has 18 heavy (non-hydrogen) atoms. The van der Waals surface area contributed by atoms with E-state index in [4.69, 9.17) is 4.74 Å². The first-order valence-corrected chi connectivity index (χ1v) is 7.02. The van der Waals surface area contributed by atoms with Gasteiger partial charge in [-0.25, -0.2) is 0 Å². The van der Waals surface area contributed by atoms with E-state index in [1.165, 1.54) is 11.1 Å². The summed E-state index contributed by atoms with van der Waals surface area (Å²) in [6.45, 7) is 12.8. The molecule has 1 N–H and O–H groups in total. The highest BCUT2D eigenvalue weighted by Crippen LogP contribution is 2.25. The number of aryl methyl sites for hydroxylation is 1. The maximum absolute atomic E-state index is 6.04. The topological polar surface area (TPSA) is 21.3 Å². The van der Waals surface area contributed by atoms with Gasteiger partial charge in [0, 0.05) is 0 Å². The van der Waals surface area contributed by atoms with Crippen molar-refractivity contribution in [2.45, 2.75) is 53.1 Å². The van der Waals surface area contributed by atoms with E-state index in [0.29, 0.717) is 5.92 Å². The van der Waals surface area contributed by atoms with Gasteiger partial charge in [-0.05, 0) is 56.5 Å². The predicted molar refractivity (Wildman–Crippen MR) is 78.5 cm³/mol. The Labute approximate surface area is 112 Å². The number of benzene rings is 1. The van der Waals surface area contributed by atoms with Gasteiger partial charge in [-0.15, -0.1) is 0 Å². The Morgan fingerprint density at radius 1 is 1.22 bits per heavy atom. The van der Waals surface area contributed by atoms with Crippen LogP contribution < -0.4 is 10.1 Å². The van der Waals surface area contributed by atoms with Crippen molar-refractivity contribution in [2.24, 2.45) is 0 Å². The Morgan fingerprint density at radius 3 is 2.56 bits per heavy atom. The van der Waals surface area contributed by atoms with Crippen molar-refractivity contribution in [2.75, 3.05) is 13.1 Å². The van der Waals surface area contributed by atoms with Gasteiger partial charge in [0.05, 0.1) is 6.10 Å². The monoisotopic (exact) mass is 249 g/mol. The number of rotatable bonds is 7. The summed E-state index contributed by atoms with van der Waals surface area (Å²) in [5.74, 6) is 1.58. The van der Waals surface area contributed by atoms with Crippen LogP contribution in [0.2, 0.25) is 0 Å². The highest BCUT2D eigenvalue weighted by atomic mass is 16.5. The summed E-state index contributed by atoms with van der Waals surface area (Å²) in [4.78, 5) is 0. The Balaban J connectivity index is 2.62. The van der Waals surface area contributed by atoms with Crippen molar-refractivity contribution in [1.29, 1.82) is 0 Å². The summed E-state index contributed by atoms with van der Waals surface area (Å²) >= 11 is 0. The lowest BCUT2D eigenvalue weighted by molar-refractivity contribution is 0.208. The number of nitrogens with one attached hydrogen (secondary N) is 1. The van der Waals surface area contributed by atoms with Gasteiger partial charge in [0.15, 0.2) is 0 Å². The smallest absolute Gasteiger partial charge is 0.122 e. The molecule has 0 aromatic heterocycles. The van der Waals surface area contributed by atoms with Gasteiger partial charge in [-0.2, -0.15) is 0 Å². The SMILES string of the molecule is CCNCCC(C)Oc1cc(C(C)C)ccc1C. The molecule has 2 heteroatoms. The second kappa shape index (κ2) is 7.42. The lowest BCUT2D eigenvalue weighted by Gasteiger charge is -2.18. The zero-order chi connectivity index (χ0) is 13.5. The quantitative estimate of drug-likeness (QED) is 0.740. The summed E-state index contributed by atoms with van der Waals surface area (Å²) in [7, 11) is 0. The molecule has 1 aromatic rings. The van der Waals surface area contributed by atoms with Crippen LogP contribution in [0.25, 0.3) is 0 Å². The maximum Gasteiger partial charge on any atom is 0.122 e. The van der Waals surface area contributed by atoms with E-state index in [9.17, 15) is 0 Å². The number of ether oxygens (including phenoxy) is 1. The van der Waals surface area contributed by atoms with Crippen molar-refractivity contribution in [3.05, 3.63) is 29.3 Å². The summed E-state index contributed by atoms with van der Waals surface area (Å²) in [6, 6.07) is 6.53. The van der Waals surface area contributed by atoms with Crippen LogP contribution >= 0.6 is 0 Å². The number of hydrogen-bond donors (Lipinski definition) is 1. The molecule has 0 saturated carbocycles. The molecule has 102 valence electrons. The first kappa shape index (κ1) is 15.0. The van der Waals surface area contributed by atoms with Gasteiger partial charge in [-0.3, -0.25) is 0 Å². The van der Waals surface area contributed by atoms with Gasteiger partial charge in [0.25, 0.3) is 0 Å². The van der Waals surface area contributed by atoms with E-state index in [1.807, 2.05) is 0 Å². The minimum absolute atomic E-state index is 0.255. The van der Waals surface area contributed by atoms with Gasteiger partial charge < -0.3 is 10.1 Å². The van der Waals surface area contributed by atoms with Crippen LogP contribution in [0.5, 0.6) is 5.75 Å². The average Bonchev–Trinajstić information content (AvgIpc) is 2.32. The standard InChI is InChI=1S/C16H27NO/c1-6-17-10-9-14(5)18-16-11-15(12(2)3)8-7-13(16)4/h7-8,11-12,14,17H,6,9-10H2,1-5H3. The Morgan fingerprint density at radius 2 is 1.94 bits per heavy atom. The summed E-state index contributed by atoms with van der Waals surface area (Å²) < 4.78 is 6.04. The van der Waals surface area contributed by atoms with Crippen molar-refractivity contribution in [1.82, 2.24) is 5.32 Å². The van der Waals surface area contributed by atoms with Gasteiger partial charge >= 0.3 is 0 Å². The maximum atomic E-state index is 6.04. The highest BCUT2D eigenvalue weighted by Gasteiger charge is 2.08. The van der Waals surface area contributed by atoms with Crippen LogP contribution in [-0.2, 0) is 0 Å². The third-order valence-corrected chi connectivity index (χ3v) is 3.18. The fraction of sp³-hybridized carbons (Fsp3) is 0.625. The first-order chi connectivity index (χ1) is 8.54. The Hall–Kier alpha value is -1.02. The third-order valence-electron chi connectivity index (χ3n) is 3.18. The van der Waals surface area contributed by atoms with Crippen molar-refractivity contribution < 1.29 is 4.74 Å². The molecular formula is C16H27NO. The average molecular weight is 249 g/mol. The van der Waals surface area contributed by atoms with Gasteiger partial charge in [0.2, 0.25) is 0 Å². The zero-order valence-electron chi connectivity index (χ0n) is 12.4. The molecule has 0 spiro atoms. The van der Waals surface area contributed by atoms with Crippen LogP contribution in [0, 0.1) is 6.92 Å². The highest BCUT2D eigenvalue weighted by molar-refractivity contribution is 5.37. The number of hydrogen-bond acceptors (Lipinski definition) is 2. The minimum atomic E-state index is 0.255. The molecule has 0 aliphatic carbocycles. The fourth-order valence-electron chi connectivity index (χ4n) is 1.86. The molecule has 0 aliphatic rings. The molecule has 0 aliphatic heterocycles. The molecule has 0 saturated heterocycles. The Bertz CT molecular complexity index is 360. The molecule has 2 nitrogen and oxygen atoms in total. The normalized spacial score (nSPS) is 12.8. The van der Waals surface area contributed by atoms with E-state index >= 15 is 0 Å². The molecule has 0 fully saturated rings. The second-order valence-electron chi connectivity index (χ2n) is 5.25. The van der Waals surface area contributed by atoms with Crippen LogP contribution in [0.4, 0.5) is 0 Å². The molecule has 0 radical (unpaired) electrons.